The minimum atomic E-state index is 0.188. The first-order chi connectivity index (χ1) is 8.16. The molecule has 0 aliphatic heterocycles. The van der Waals surface area contributed by atoms with E-state index in [1.54, 1.807) is 0 Å². The molecule has 1 N–H and O–H groups in total. The number of benzene rings is 1. The number of amides is 1. The van der Waals surface area contributed by atoms with E-state index in [1.165, 1.54) is 5.69 Å². The molecule has 1 fully saturated rings. The molecule has 1 aliphatic rings. The van der Waals surface area contributed by atoms with E-state index in [0.717, 1.165) is 19.4 Å². The summed E-state index contributed by atoms with van der Waals surface area (Å²) in [4.78, 5) is 13.8. The molecule has 17 heavy (non-hydrogen) atoms. The van der Waals surface area contributed by atoms with Crippen LogP contribution in [0.15, 0.2) is 30.3 Å². The van der Waals surface area contributed by atoms with Gasteiger partial charge < -0.3 is 10.2 Å². The Morgan fingerprint density at radius 3 is 2.65 bits per heavy atom. The molecule has 2 rings (SSSR count). The minimum absolute atomic E-state index is 0.188. The van der Waals surface area contributed by atoms with Crippen molar-refractivity contribution in [1.29, 1.82) is 0 Å². The van der Waals surface area contributed by atoms with Gasteiger partial charge in [0.25, 0.3) is 0 Å². The maximum absolute atomic E-state index is 11.6. The van der Waals surface area contributed by atoms with Gasteiger partial charge in [-0.3, -0.25) is 4.79 Å². The van der Waals surface area contributed by atoms with Gasteiger partial charge in [0, 0.05) is 31.2 Å². The number of carbonyl (C=O) groups excluding carboxylic acids is 1. The molecule has 0 bridgehead atoms. The third kappa shape index (κ3) is 3.48. The van der Waals surface area contributed by atoms with Crippen molar-refractivity contribution in [1.82, 2.24) is 5.32 Å². The molecular weight excluding hydrogens is 212 g/mol. The fraction of sp³-hybridized carbons (Fsp3) is 0.500. The van der Waals surface area contributed by atoms with Crippen LogP contribution in [0.2, 0.25) is 0 Å². The van der Waals surface area contributed by atoms with Gasteiger partial charge in [-0.25, -0.2) is 0 Å². The van der Waals surface area contributed by atoms with E-state index in [9.17, 15) is 4.79 Å². The molecule has 1 unspecified atom stereocenters. The minimum Gasteiger partial charge on any atom is -0.373 e. The van der Waals surface area contributed by atoms with Crippen LogP contribution in [0, 0.1) is 5.92 Å². The summed E-state index contributed by atoms with van der Waals surface area (Å²) >= 11 is 0. The summed E-state index contributed by atoms with van der Waals surface area (Å²) in [6.45, 7) is 2.89. The monoisotopic (exact) mass is 232 g/mol. The van der Waals surface area contributed by atoms with Gasteiger partial charge in [-0.1, -0.05) is 18.2 Å². The SMILES string of the molecule is CC(CN(C)c1ccccc1)NC(=O)C1CC1. The van der Waals surface area contributed by atoms with Crippen LogP contribution in [0.5, 0.6) is 0 Å². The van der Waals surface area contributed by atoms with Gasteiger partial charge in [-0.05, 0) is 31.9 Å². The lowest BCUT2D eigenvalue weighted by Gasteiger charge is -2.24. The highest BCUT2D eigenvalue weighted by Gasteiger charge is 2.30. The maximum Gasteiger partial charge on any atom is 0.223 e. The molecule has 0 radical (unpaired) electrons. The lowest BCUT2D eigenvalue weighted by atomic mass is 10.2. The Labute approximate surface area is 103 Å². The van der Waals surface area contributed by atoms with Crippen LogP contribution < -0.4 is 10.2 Å². The highest BCUT2D eigenvalue weighted by molar-refractivity contribution is 5.81. The van der Waals surface area contributed by atoms with Gasteiger partial charge in [-0.2, -0.15) is 0 Å². The third-order valence-electron chi connectivity index (χ3n) is 3.08. The molecule has 0 spiro atoms. The van der Waals surface area contributed by atoms with Gasteiger partial charge >= 0.3 is 0 Å². The molecule has 1 atom stereocenters. The number of likely N-dealkylation sites (N-methyl/N-ethyl adjacent to an activating group) is 1. The van der Waals surface area contributed by atoms with E-state index in [1.807, 2.05) is 18.2 Å². The molecule has 1 amide bonds. The van der Waals surface area contributed by atoms with Crippen LogP contribution in [0.4, 0.5) is 5.69 Å². The van der Waals surface area contributed by atoms with Crippen LogP contribution in [-0.2, 0) is 4.79 Å². The molecule has 1 aromatic rings. The Morgan fingerprint density at radius 1 is 1.41 bits per heavy atom. The normalized spacial score (nSPS) is 16.4. The molecule has 92 valence electrons. The maximum atomic E-state index is 11.6. The fourth-order valence-corrected chi connectivity index (χ4v) is 1.95. The largest absolute Gasteiger partial charge is 0.373 e. The average molecular weight is 232 g/mol. The molecule has 0 saturated heterocycles. The Morgan fingerprint density at radius 2 is 2.06 bits per heavy atom. The lowest BCUT2D eigenvalue weighted by Crippen LogP contribution is -2.41. The topological polar surface area (TPSA) is 32.3 Å². The van der Waals surface area contributed by atoms with Crippen molar-refractivity contribution in [3.05, 3.63) is 30.3 Å². The smallest absolute Gasteiger partial charge is 0.223 e. The Balaban J connectivity index is 1.81. The molecule has 0 heterocycles. The molecule has 0 aromatic heterocycles. The van der Waals surface area contributed by atoms with E-state index >= 15 is 0 Å². The number of nitrogens with one attached hydrogen (secondary N) is 1. The van der Waals surface area contributed by atoms with Crippen molar-refractivity contribution in [3.63, 3.8) is 0 Å². The van der Waals surface area contributed by atoms with Crippen LogP contribution >= 0.6 is 0 Å². The van der Waals surface area contributed by atoms with Gasteiger partial charge in [0.15, 0.2) is 0 Å². The van der Waals surface area contributed by atoms with Crippen LogP contribution in [0.3, 0.4) is 0 Å². The van der Waals surface area contributed by atoms with Crippen molar-refractivity contribution < 1.29 is 4.79 Å². The first-order valence-electron chi connectivity index (χ1n) is 6.23. The number of carbonyl (C=O) groups is 1. The van der Waals surface area contributed by atoms with Crippen molar-refractivity contribution in [2.45, 2.75) is 25.8 Å². The summed E-state index contributed by atoms with van der Waals surface area (Å²) < 4.78 is 0. The van der Waals surface area contributed by atoms with Crippen LogP contribution in [-0.4, -0.2) is 25.5 Å². The first-order valence-corrected chi connectivity index (χ1v) is 6.23. The van der Waals surface area contributed by atoms with Gasteiger partial charge in [0.1, 0.15) is 0 Å². The lowest BCUT2D eigenvalue weighted by molar-refractivity contribution is -0.122. The predicted octanol–water partition coefficient (Wildman–Crippen LogP) is 2.04. The molecular formula is C14H20N2O. The highest BCUT2D eigenvalue weighted by atomic mass is 16.2. The average Bonchev–Trinajstić information content (AvgIpc) is 3.13. The second-order valence-corrected chi connectivity index (χ2v) is 4.90. The zero-order chi connectivity index (χ0) is 12.3. The number of anilines is 1. The number of nitrogens with zero attached hydrogens (tertiary/aromatic N) is 1. The third-order valence-corrected chi connectivity index (χ3v) is 3.08. The van der Waals surface area contributed by atoms with Crippen LogP contribution in [0.25, 0.3) is 0 Å². The van der Waals surface area contributed by atoms with E-state index < -0.39 is 0 Å². The summed E-state index contributed by atoms with van der Waals surface area (Å²) in [5.41, 5.74) is 1.18. The van der Waals surface area contributed by atoms with Gasteiger partial charge in [0.2, 0.25) is 5.91 Å². The van der Waals surface area contributed by atoms with Crippen molar-refractivity contribution in [2.24, 2.45) is 5.92 Å². The summed E-state index contributed by atoms with van der Waals surface area (Å²) in [5, 5.41) is 3.06. The zero-order valence-electron chi connectivity index (χ0n) is 10.5. The summed E-state index contributed by atoms with van der Waals surface area (Å²) in [7, 11) is 2.05. The quantitative estimate of drug-likeness (QED) is 0.842. The number of para-hydroxylation sites is 1. The van der Waals surface area contributed by atoms with Crippen molar-refractivity contribution >= 4 is 11.6 Å². The van der Waals surface area contributed by atoms with Gasteiger partial charge in [-0.15, -0.1) is 0 Å². The van der Waals surface area contributed by atoms with Gasteiger partial charge in [0.05, 0.1) is 0 Å². The summed E-state index contributed by atoms with van der Waals surface area (Å²) in [5.74, 6) is 0.512. The molecule has 3 nitrogen and oxygen atoms in total. The van der Waals surface area contributed by atoms with E-state index in [2.05, 4.69) is 36.3 Å². The fourth-order valence-electron chi connectivity index (χ4n) is 1.95. The Bertz CT molecular complexity index is 373. The molecule has 1 saturated carbocycles. The van der Waals surface area contributed by atoms with E-state index in [0.29, 0.717) is 5.92 Å². The number of rotatable bonds is 5. The first kappa shape index (κ1) is 12.0. The number of hydrogen-bond donors (Lipinski definition) is 1. The van der Waals surface area contributed by atoms with E-state index in [4.69, 9.17) is 0 Å². The predicted molar refractivity (Wildman–Crippen MR) is 70.0 cm³/mol. The zero-order valence-corrected chi connectivity index (χ0v) is 10.5. The summed E-state index contributed by atoms with van der Waals surface area (Å²) in [6.07, 6.45) is 2.13. The number of hydrogen-bond acceptors (Lipinski definition) is 2. The van der Waals surface area contributed by atoms with E-state index in [-0.39, 0.29) is 11.9 Å². The summed E-state index contributed by atoms with van der Waals surface area (Å²) in [6, 6.07) is 10.4. The Hall–Kier alpha value is -1.51. The van der Waals surface area contributed by atoms with Crippen LogP contribution in [0.1, 0.15) is 19.8 Å². The molecule has 1 aliphatic carbocycles. The van der Waals surface area contributed by atoms with Crippen molar-refractivity contribution in [3.8, 4) is 0 Å². The van der Waals surface area contributed by atoms with Crippen molar-refractivity contribution in [2.75, 3.05) is 18.5 Å². The highest BCUT2D eigenvalue weighted by Crippen LogP contribution is 2.28. The second-order valence-electron chi connectivity index (χ2n) is 4.90. The second kappa shape index (κ2) is 5.21. The standard InChI is InChI=1S/C14H20N2O/c1-11(15-14(17)12-8-9-12)10-16(2)13-6-4-3-5-7-13/h3-7,11-12H,8-10H2,1-2H3,(H,15,17). The molecule has 1 aromatic carbocycles. The Kier molecular flexibility index (Phi) is 3.67. The molecule has 3 heteroatoms.